The molecule has 0 radical (unpaired) electrons. The number of hydrogen-bond donors (Lipinski definition) is 2. The maximum atomic E-state index is 12.9. The van der Waals surface area contributed by atoms with Crippen molar-refractivity contribution in [2.24, 2.45) is 0 Å². The molecule has 114 valence electrons. The Balaban J connectivity index is 1.68. The zero-order chi connectivity index (χ0) is 15.6. The molecule has 22 heavy (non-hydrogen) atoms. The van der Waals surface area contributed by atoms with Crippen LogP contribution in [-0.4, -0.2) is 9.97 Å². The fraction of sp³-hybridized carbons (Fsp3) is 0.188. The summed E-state index contributed by atoms with van der Waals surface area (Å²) < 4.78 is 38.7. The molecule has 0 aliphatic carbocycles. The van der Waals surface area contributed by atoms with Gasteiger partial charge in [0.05, 0.1) is 23.1 Å². The molecule has 0 atom stereocenters. The quantitative estimate of drug-likeness (QED) is 0.768. The van der Waals surface area contributed by atoms with Crippen LogP contribution in [-0.2, 0) is 19.3 Å². The zero-order valence-electron chi connectivity index (χ0n) is 11.6. The van der Waals surface area contributed by atoms with E-state index in [-0.39, 0.29) is 12.1 Å². The molecule has 0 aliphatic heterocycles. The fourth-order valence-corrected chi connectivity index (χ4v) is 2.36. The smallest absolute Gasteiger partial charge is 0.341 e. The zero-order valence-corrected chi connectivity index (χ0v) is 11.6. The van der Waals surface area contributed by atoms with Crippen molar-refractivity contribution in [2.45, 2.75) is 19.3 Å². The summed E-state index contributed by atoms with van der Waals surface area (Å²) in [5.74, 6) is 0.700. The topological polar surface area (TPSA) is 40.7 Å². The molecule has 6 heteroatoms. The van der Waals surface area contributed by atoms with Gasteiger partial charge in [-0.3, -0.25) is 0 Å². The van der Waals surface area contributed by atoms with Gasteiger partial charge in [-0.05, 0) is 23.8 Å². The number of halogens is 3. The van der Waals surface area contributed by atoms with Crippen LogP contribution in [0.3, 0.4) is 0 Å². The molecule has 0 bridgehead atoms. The molecule has 0 unspecified atom stereocenters. The molecule has 2 N–H and O–H groups in total. The van der Waals surface area contributed by atoms with Crippen molar-refractivity contribution in [1.82, 2.24) is 15.3 Å². The molecule has 3 rings (SSSR count). The van der Waals surface area contributed by atoms with Crippen molar-refractivity contribution >= 4 is 11.0 Å². The summed E-state index contributed by atoms with van der Waals surface area (Å²) in [6, 6.07) is 13.2. The maximum Gasteiger partial charge on any atom is 0.416 e. The molecule has 0 spiro atoms. The summed E-state index contributed by atoms with van der Waals surface area (Å²) in [5, 5.41) is 3.00. The molecular formula is C16H14F3N3. The third kappa shape index (κ3) is 3.12. The number of hydrogen-bond acceptors (Lipinski definition) is 2. The highest BCUT2D eigenvalue weighted by Gasteiger charge is 2.32. The van der Waals surface area contributed by atoms with Gasteiger partial charge in [-0.1, -0.05) is 30.3 Å². The van der Waals surface area contributed by atoms with E-state index in [1.165, 1.54) is 12.1 Å². The van der Waals surface area contributed by atoms with E-state index in [9.17, 15) is 13.2 Å². The van der Waals surface area contributed by atoms with Crippen LogP contribution in [0.4, 0.5) is 13.2 Å². The van der Waals surface area contributed by atoms with Gasteiger partial charge < -0.3 is 10.3 Å². The van der Waals surface area contributed by atoms with Crippen LogP contribution in [0, 0.1) is 0 Å². The van der Waals surface area contributed by atoms with Gasteiger partial charge in [-0.2, -0.15) is 13.2 Å². The van der Waals surface area contributed by atoms with Crippen LogP contribution in [0.5, 0.6) is 0 Å². The normalized spacial score (nSPS) is 12.0. The highest BCUT2D eigenvalue weighted by molar-refractivity contribution is 5.74. The van der Waals surface area contributed by atoms with Gasteiger partial charge in [0.2, 0.25) is 0 Å². The molecule has 1 heterocycles. The molecular weight excluding hydrogens is 291 g/mol. The van der Waals surface area contributed by atoms with Gasteiger partial charge in [-0.25, -0.2) is 4.98 Å². The monoisotopic (exact) mass is 305 g/mol. The number of alkyl halides is 3. The number of nitrogens with zero attached hydrogens (tertiary/aromatic N) is 1. The third-order valence-corrected chi connectivity index (χ3v) is 3.37. The van der Waals surface area contributed by atoms with Crippen LogP contribution in [0.25, 0.3) is 11.0 Å². The van der Waals surface area contributed by atoms with Crippen molar-refractivity contribution in [3.63, 3.8) is 0 Å². The average Bonchev–Trinajstić information content (AvgIpc) is 2.89. The molecule has 0 saturated heterocycles. The van der Waals surface area contributed by atoms with Gasteiger partial charge in [0.15, 0.2) is 0 Å². The maximum absolute atomic E-state index is 12.9. The molecule has 0 fully saturated rings. The van der Waals surface area contributed by atoms with Crippen molar-refractivity contribution in [1.29, 1.82) is 0 Å². The Morgan fingerprint density at radius 3 is 2.45 bits per heavy atom. The first-order valence-corrected chi connectivity index (χ1v) is 6.83. The van der Waals surface area contributed by atoms with Crippen molar-refractivity contribution in [2.75, 3.05) is 0 Å². The summed E-state index contributed by atoms with van der Waals surface area (Å²) in [7, 11) is 0. The van der Waals surface area contributed by atoms with E-state index in [0.717, 1.165) is 17.1 Å². The predicted octanol–water partition coefficient (Wildman–Crippen LogP) is 3.87. The van der Waals surface area contributed by atoms with Crippen LogP contribution in [0.2, 0.25) is 0 Å². The van der Waals surface area contributed by atoms with E-state index in [1.807, 2.05) is 24.3 Å². The first-order valence-electron chi connectivity index (χ1n) is 6.83. The molecule has 0 aliphatic rings. The second kappa shape index (κ2) is 5.81. The standard InChI is InChI=1S/C16H14F3N3/c17-16(18,19)12-6-2-1-5-11(12)9-20-10-15-21-13-7-3-4-8-14(13)22-15/h1-8,20H,9-10H2,(H,21,22). The van der Waals surface area contributed by atoms with Crippen LogP contribution in [0.1, 0.15) is 17.0 Å². The lowest BCUT2D eigenvalue weighted by atomic mass is 10.1. The number of para-hydroxylation sites is 2. The number of aromatic nitrogens is 2. The Morgan fingerprint density at radius 2 is 1.68 bits per heavy atom. The molecule has 3 nitrogen and oxygen atoms in total. The average molecular weight is 305 g/mol. The minimum Gasteiger partial charge on any atom is -0.341 e. The summed E-state index contributed by atoms with van der Waals surface area (Å²) >= 11 is 0. The highest BCUT2D eigenvalue weighted by Crippen LogP contribution is 2.31. The lowest BCUT2D eigenvalue weighted by Crippen LogP contribution is -2.17. The Hall–Kier alpha value is -2.34. The third-order valence-electron chi connectivity index (χ3n) is 3.37. The minimum absolute atomic E-state index is 0.132. The van der Waals surface area contributed by atoms with E-state index in [2.05, 4.69) is 15.3 Å². The SMILES string of the molecule is FC(F)(F)c1ccccc1CNCc1nc2ccccc2[nH]1. The van der Waals surface area contributed by atoms with Gasteiger partial charge in [0, 0.05) is 6.54 Å². The second-order valence-electron chi connectivity index (χ2n) is 4.96. The van der Waals surface area contributed by atoms with Crippen molar-refractivity contribution < 1.29 is 13.2 Å². The lowest BCUT2D eigenvalue weighted by molar-refractivity contribution is -0.138. The first-order chi connectivity index (χ1) is 10.5. The fourth-order valence-electron chi connectivity index (χ4n) is 2.36. The van der Waals surface area contributed by atoms with Gasteiger partial charge in [-0.15, -0.1) is 0 Å². The van der Waals surface area contributed by atoms with Crippen molar-refractivity contribution in [3.05, 3.63) is 65.5 Å². The Morgan fingerprint density at radius 1 is 0.955 bits per heavy atom. The van der Waals surface area contributed by atoms with Crippen LogP contribution in [0.15, 0.2) is 48.5 Å². The number of aromatic amines is 1. The predicted molar refractivity (Wildman–Crippen MR) is 78.1 cm³/mol. The van der Waals surface area contributed by atoms with E-state index in [4.69, 9.17) is 0 Å². The van der Waals surface area contributed by atoms with Crippen LogP contribution >= 0.6 is 0 Å². The first kappa shape index (κ1) is 14.6. The van der Waals surface area contributed by atoms with E-state index < -0.39 is 11.7 Å². The summed E-state index contributed by atoms with van der Waals surface area (Å²) in [6.45, 7) is 0.508. The summed E-state index contributed by atoms with van der Waals surface area (Å²) in [5.41, 5.74) is 1.38. The summed E-state index contributed by atoms with van der Waals surface area (Å²) in [6.07, 6.45) is -4.34. The van der Waals surface area contributed by atoms with E-state index in [1.54, 1.807) is 6.07 Å². The minimum atomic E-state index is -4.34. The highest BCUT2D eigenvalue weighted by atomic mass is 19.4. The van der Waals surface area contributed by atoms with Gasteiger partial charge in [0.25, 0.3) is 0 Å². The molecule has 3 aromatic rings. The van der Waals surface area contributed by atoms with Gasteiger partial charge >= 0.3 is 6.18 Å². The molecule has 0 saturated carbocycles. The van der Waals surface area contributed by atoms with Crippen molar-refractivity contribution in [3.8, 4) is 0 Å². The number of benzene rings is 2. The largest absolute Gasteiger partial charge is 0.416 e. The second-order valence-corrected chi connectivity index (χ2v) is 4.96. The Kier molecular flexibility index (Phi) is 3.85. The summed E-state index contributed by atoms with van der Waals surface area (Å²) in [4.78, 5) is 7.51. The van der Waals surface area contributed by atoms with E-state index in [0.29, 0.717) is 12.4 Å². The number of rotatable bonds is 4. The van der Waals surface area contributed by atoms with Crippen LogP contribution < -0.4 is 5.32 Å². The molecule has 0 amide bonds. The van der Waals surface area contributed by atoms with E-state index >= 15 is 0 Å². The van der Waals surface area contributed by atoms with Gasteiger partial charge in [0.1, 0.15) is 5.82 Å². The lowest BCUT2D eigenvalue weighted by Gasteiger charge is -2.12. The molecule has 1 aromatic heterocycles. The Labute approximate surface area is 125 Å². The Bertz CT molecular complexity index is 744. The molecule has 2 aromatic carbocycles. The number of H-pyrrole nitrogens is 1. The number of fused-ring (bicyclic) bond motifs is 1. The number of imidazole rings is 1. The number of nitrogens with one attached hydrogen (secondary N) is 2.